The summed E-state index contributed by atoms with van der Waals surface area (Å²) in [4.78, 5) is 28.8. The molecule has 1 aromatic heterocycles. The molecule has 0 saturated carbocycles. The normalized spacial score (nSPS) is 14.5. The first kappa shape index (κ1) is 19.4. The predicted octanol–water partition coefficient (Wildman–Crippen LogP) is 2.37. The fraction of sp³-hybridized carbons (Fsp3) is 0.421. The minimum Gasteiger partial charge on any atom is -0.368 e. The lowest BCUT2D eigenvalue weighted by atomic mass is 10.1. The van der Waals surface area contributed by atoms with Gasteiger partial charge in [0.25, 0.3) is 5.91 Å². The van der Waals surface area contributed by atoms with E-state index in [0.29, 0.717) is 17.6 Å². The fourth-order valence-electron chi connectivity index (χ4n) is 3.08. The first-order chi connectivity index (χ1) is 13.0. The third kappa shape index (κ3) is 4.50. The maximum atomic E-state index is 12.4. The summed E-state index contributed by atoms with van der Waals surface area (Å²) in [6, 6.07) is 10.2. The summed E-state index contributed by atoms with van der Waals surface area (Å²) in [6.45, 7) is 6.86. The molecule has 8 heteroatoms. The minimum atomic E-state index is -0.360. The number of piperazine rings is 1. The summed E-state index contributed by atoms with van der Waals surface area (Å²) in [5.41, 5.74) is 2.31. The molecule has 3 rings (SSSR count). The van der Waals surface area contributed by atoms with E-state index in [-0.39, 0.29) is 30.0 Å². The van der Waals surface area contributed by atoms with E-state index in [2.05, 4.69) is 48.5 Å². The van der Waals surface area contributed by atoms with Crippen molar-refractivity contribution < 1.29 is 9.59 Å². The van der Waals surface area contributed by atoms with Crippen LogP contribution >= 0.6 is 15.9 Å². The van der Waals surface area contributed by atoms with Crippen LogP contribution in [0.4, 0.5) is 5.69 Å². The quantitative estimate of drug-likeness (QED) is 0.758. The van der Waals surface area contributed by atoms with Crippen LogP contribution in [0.15, 0.2) is 34.8 Å². The number of hydrogen-bond donors (Lipinski definition) is 2. The number of para-hydroxylation sites is 1. The van der Waals surface area contributed by atoms with Crippen molar-refractivity contribution in [1.82, 2.24) is 20.4 Å². The van der Waals surface area contributed by atoms with Crippen molar-refractivity contribution in [2.75, 3.05) is 37.6 Å². The first-order valence-corrected chi connectivity index (χ1v) is 9.86. The monoisotopic (exact) mass is 433 g/mol. The predicted molar refractivity (Wildman–Crippen MR) is 108 cm³/mol. The zero-order valence-corrected chi connectivity index (χ0v) is 17.1. The van der Waals surface area contributed by atoms with Gasteiger partial charge < -0.3 is 15.1 Å². The SMILES string of the molecule is CC(C)c1[nH]nc(C(=O)NCC(=O)N2CCN(c3ccccc3)CC2)c1Br. The Morgan fingerprint density at radius 1 is 1.19 bits per heavy atom. The lowest BCUT2D eigenvalue weighted by Gasteiger charge is -2.36. The zero-order chi connectivity index (χ0) is 19.4. The average molecular weight is 434 g/mol. The standard InChI is InChI=1S/C19H24BrN5O2/c1-13(2)17-16(20)18(23-22-17)19(27)21-12-15(26)25-10-8-24(9-11-25)14-6-4-3-5-7-14/h3-7,13H,8-12H2,1-2H3,(H,21,27)(H,22,23). The molecule has 1 saturated heterocycles. The second-order valence-corrected chi connectivity index (χ2v) is 7.63. The van der Waals surface area contributed by atoms with Gasteiger partial charge in [-0.3, -0.25) is 14.7 Å². The van der Waals surface area contributed by atoms with Crippen LogP contribution in [-0.4, -0.2) is 59.6 Å². The first-order valence-electron chi connectivity index (χ1n) is 9.07. The van der Waals surface area contributed by atoms with E-state index in [4.69, 9.17) is 0 Å². The van der Waals surface area contributed by atoms with Crippen molar-refractivity contribution >= 4 is 33.4 Å². The number of carbonyl (C=O) groups is 2. The van der Waals surface area contributed by atoms with Crippen LogP contribution in [0.5, 0.6) is 0 Å². The summed E-state index contributed by atoms with van der Waals surface area (Å²) < 4.78 is 0.652. The summed E-state index contributed by atoms with van der Waals surface area (Å²) in [6.07, 6.45) is 0. The highest BCUT2D eigenvalue weighted by Gasteiger charge is 2.23. The molecule has 7 nitrogen and oxygen atoms in total. The molecule has 144 valence electrons. The van der Waals surface area contributed by atoms with Crippen LogP contribution in [-0.2, 0) is 4.79 Å². The number of hydrogen-bond acceptors (Lipinski definition) is 4. The van der Waals surface area contributed by atoms with Gasteiger partial charge in [-0.25, -0.2) is 0 Å². The molecular weight excluding hydrogens is 410 g/mol. The molecule has 2 N–H and O–H groups in total. The number of nitrogens with zero attached hydrogens (tertiary/aromatic N) is 3. The molecular formula is C19H24BrN5O2. The maximum Gasteiger partial charge on any atom is 0.273 e. The summed E-state index contributed by atoms with van der Waals surface area (Å²) in [5, 5.41) is 9.60. The Morgan fingerprint density at radius 2 is 1.85 bits per heavy atom. The third-order valence-electron chi connectivity index (χ3n) is 4.68. The number of H-pyrrole nitrogens is 1. The zero-order valence-electron chi connectivity index (χ0n) is 15.5. The third-order valence-corrected chi connectivity index (χ3v) is 5.48. The van der Waals surface area contributed by atoms with Crippen LogP contribution in [0.3, 0.4) is 0 Å². The number of anilines is 1. The summed E-state index contributed by atoms with van der Waals surface area (Å²) in [5.74, 6) is -0.218. The minimum absolute atomic E-state index is 0.0273. The topological polar surface area (TPSA) is 81.3 Å². The lowest BCUT2D eigenvalue weighted by molar-refractivity contribution is -0.130. The average Bonchev–Trinajstić information content (AvgIpc) is 3.08. The van der Waals surface area contributed by atoms with Crippen LogP contribution in [0.25, 0.3) is 0 Å². The summed E-state index contributed by atoms with van der Waals surface area (Å²) >= 11 is 3.41. The molecule has 0 aliphatic carbocycles. The molecule has 1 aliphatic heterocycles. The second kappa shape index (κ2) is 8.56. The highest BCUT2D eigenvalue weighted by atomic mass is 79.9. The van der Waals surface area contributed by atoms with Crippen molar-refractivity contribution in [1.29, 1.82) is 0 Å². The molecule has 1 aromatic carbocycles. The van der Waals surface area contributed by atoms with Gasteiger partial charge in [-0.15, -0.1) is 0 Å². The highest BCUT2D eigenvalue weighted by molar-refractivity contribution is 9.10. The molecule has 1 aliphatic rings. The Balaban J connectivity index is 1.49. The van der Waals surface area contributed by atoms with Crippen LogP contribution < -0.4 is 10.2 Å². The number of aromatic amines is 1. The smallest absolute Gasteiger partial charge is 0.273 e. The Kier molecular flexibility index (Phi) is 6.15. The van der Waals surface area contributed by atoms with Gasteiger partial charge in [0.1, 0.15) is 0 Å². The lowest BCUT2D eigenvalue weighted by Crippen LogP contribution is -2.51. The Morgan fingerprint density at radius 3 is 2.44 bits per heavy atom. The van der Waals surface area contributed by atoms with Crippen LogP contribution in [0.1, 0.15) is 35.9 Å². The molecule has 0 radical (unpaired) electrons. The Bertz CT molecular complexity index is 798. The van der Waals surface area contributed by atoms with Gasteiger partial charge in [-0.05, 0) is 34.0 Å². The van der Waals surface area contributed by atoms with E-state index >= 15 is 0 Å². The molecule has 0 spiro atoms. The number of benzene rings is 1. The molecule has 0 bridgehead atoms. The molecule has 0 atom stereocenters. The maximum absolute atomic E-state index is 12.4. The summed E-state index contributed by atoms with van der Waals surface area (Å²) in [7, 11) is 0. The number of amides is 2. The van der Waals surface area contributed by atoms with Crippen molar-refractivity contribution in [3.8, 4) is 0 Å². The number of carbonyl (C=O) groups excluding carboxylic acids is 2. The largest absolute Gasteiger partial charge is 0.368 e. The number of nitrogens with one attached hydrogen (secondary N) is 2. The van der Waals surface area contributed by atoms with Crippen LogP contribution in [0, 0.1) is 0 Å². The Hall–Kier alpha value is -2.35. The second-order valence-electron chi connectivity index (χ2n) is 6.84. The molecule has 2 heterocycles. The van der Waals surface area contributed by atoms with Crippen molar-refractivity contribution in [2.24, 2.45) is 0 Å². The van der Waals surface area contributed by atoms with E-state index < -0.39 is 0 Å². The van der Waals surface area contributed by atoms with Gasteiger partial charge >= 0.3 is 0 Å². The molecule has 1 fully saturated rings. The van der Waals surface area contributed by atoms with Crippen molar-refractivity contribution in [2.45, 2.75) is 19.8 Å². The van der Waals surface area contributed by atoms with Gasteiger partial charge in [-0.2, -0.15) is 5.10 Å². The van der Waals surface area contributed by atoms with E-state index in [1.165, 1.54) is 5.69 Å². The van der Waals surface area contributed by atoms with E-state index in [9.17, 15) is 9.59 Å². The number of halogens is 1. The Labute approximate surface area is 167 Å². The highest BCUT2D eigenvalue weighted by Crippen LogP contribution is 2.25. The molecule has 2 aromatic rings. The molecule has 27 heavy (non-hydrogen) atoms. The van der Waals surface area contributed by atoms with Gasteiger partial charge in [0.05, 0.1) is 16.7 Å². The molecule has 0 unspecified atom stereocenters. The van der Waals surface area contributed by atoms with Crippen molar-refractivity contribution in [3.05, 3.63) is 46.2 Å². The van der Waals surface area contributed by atoms with E-state index in [1.807, 2.05) is 32.0 Å². The van der Waals surface area contributed by atoms with Crippen molar-refractivity contribution in [3.63, 3.8) is 0 Å². The fourth-order valence-corrected chi connectivity index (χ4v) is 3.89. The van der Waals surface area contributed by atoms with Gasteiger partial charge in [0.2, 0.25) is 5.91 Å². The van der Waals surface area contributed by atoms with Gasteiger partial charge in [0, 0.05) is 31.9 Å². The van der Waals surface area contributed by atoms with E-state index in [1.54, 1.807) is 4.90 Å². The van der Waals surface area contributed by atoms with Crippen LogP contribution in [0.2, 0.25) is 0 Å². The number of aromatic nitrogens is 2. The van der Waals surface area contributed by atoms with Gasteiger partial charge in [-0.1, -0.05) is 32.0 Å². The molecule has 2 amide bonds. The van der Waals surface area contributed by atoms with E-state index in [0.717, 1.165) is 18.8 Å². The van der Waals surface area contributed by atoms with Gasteiger partial charge in [0.15, 0.2) is 5.69 Å². The number of rotatable bonds is 5.